The highest BCUT2D eigenvalue weighted by Crippen LogP contribution is 2.23. The van der Waals surface area contributed by atoms with Crippen LogP contribution < -0.4 is 4.90 Å². The minimum atomic E-state index is -0.375. The van der Waals surface area contributed by atoms with E-state index in [0.717, 1.165) is 12.1 Å². The Bertz CT molecular complexity index is 453. The van der Waals surface area contributed by atoms with E-state index in [4.69, 9.17) is 0 Å². The van der Waals surface area contributed by atoms with Crippen LogP contribution in [0.25, 0.3) is 0 Å². The first kappa shape index (κ1) is 14.9. The van der Waals surface area contributed by atoms with Gasteiger partial charge in [-0.2, -0.15) is 5.10 Å². The fraction of sp³-hybridized carbons (Fsp3) is 0.562. The summed E-state index contributed by atoms with van der Waals surface area (Å²) in [5, 5.41) is 16.2. The third kappa shape index (κ3) is 3.12. The van der Waals surface area contributed by atoms with Crippen molar-refractivity contribution in [1.82, 2.24) is 5.01 Å². The van der Waals surface area contributed by atoms with Crippen molar-refractivity contribution in [2.45, 2.75) is 52.2 Å². The third-order valence-corrected chi connectivity index (χ3v) is 3.89. The van der Waals surface area contributed by atoms with Gasteiger partial charge in [0, 0.05) is 5.69 Å². The smallest absolute Gasteiger partial charge is 0.117 e. The molecule has 2 atom stereocenters. The highest BCUT2D eigenvalue weighted by atomic mass is 16.3. The zero-order chi connectivity index (χ0) is 14.7. The van der Waals surface area contributed by atoms with E-state index in [-0.39, 0.29) is 12.1 Å². The zero-order valence-corrected chi connectivity index (χ0v) is 12.8. The maximum Gasteiger partial charge on any atom is 0.117 e. The average molecular weight is 275 g/mol. The minimum absolute atomic E-state index is 0.0752. The van der Waals surface area contributed by atoms with Crippen molar-refractivity contribution in [2.24, 2.45) is 5.10 Å². The molecule has 1 aliphatic rings. The predicted octanol–water partition coefficient (Wildman–Crippen LogP) is 2.99. The van der Waals surface area contributed by atoms with Crippen LogP contribution in [0.4, 0.5) is 5.69 Å². The number of aliphatic hydroxyl groups is 1. The first-order chi connectivity index (χ1) is 9.52. The van der Waals surface area contributed by atoms with Crippen LogP contribution in [0.5, 0.6) is 0 Å². The molecule has 1 aliphatic heterocycles. The number of hydrogen-bond acceptors (Lipinski definition) is 4. The summed E-state index contributed by atoms with van der Waals surface area (Å²) in [4.78, 5) is 2.11. The SMILES string of the molecule is CC[C@@H]([C@@H](C)O)N1CN(c2ccc(C(C)C)cc2)C=N1. The second-order valence-corrected chi connectivity index (χ2v) is 5.74. The Balaban J connectivity index is 2.04. The third-order valence-electron chi connectivity index (χ3n) is 3.89. The van der Waals surface area contributed by atoms with Gasteiger partial charge in [-0.1, -0.05) is 32.9 Å². The molecule has 0 radical (unpaired) electrons. The van der Waals surface area contributed by atoms with Crippen molar-refractivity contribution in [3.05, 3.63) is 29.8 Å². The molecule has 20 heavy (non-hydrogen) atoms. The van der Waals surface area contributed by atoms with Gasteiger partial charge >= 0.3 is 0 Å². The van der Waals surface area contributed by atoms with Crippen LogP contribution in [-0.4, -0.2) is 35.3 Å². The molecule has 0 unspecified atom stereocenters. The summed E-state index contributed by atoms with van der Waals surface area (Å²) in [7, 11) is 0. The van der Waals surface area contributed by atoms with Crippen LogP contribution in [0.1, 0.15) is 45.6 Å². The molecule has 2 rings (SSSR count). The van der Waals surface area contributed by atoms with Crippen LogP contribution in [0.2, 0.25) is 0 Å². The van der Waals surface area contributed by atoms with Crippen molar-refractivity contribution in [1.29, 1.82) is 0 Å². The van der Waals surface area contributed by atoms with Gasteiger partial charge in [0.2, 0.25) is 0 Å². The van der Waals surface area contributed by atoms with Gasteiger partial charge in [0.15, 0.2) is 0 Å². The number of rotatable bonds is 5. The molecule has 4 heteroatoms. The number of anilines is 1. The van der Waals surface area contributed by atoms with Crippen LogP contribution in [-0.2, 0) is 0 Å². The summed E-state index contributed by atoms with van der Waals surface area (Å²) in [6.07, 6.45) is 2.35. The van der Waals surface area contributed by atoms with Crippen molar-refractivity contribution in [2.75, 3.05) is 11.6 Å². The second kappa shape index (κ2) is 6.27. The second-order valence-electron chi connectivity index (χ2n) is 5.74. The molecule has 0 aromatic heterocycles. The molecule has 0 saturated carbocycles. The molecule has 110 valence electrons. The Labute approximate surface area is 121 Å². The molecule has 0 bridgehead atoms. The van der Waals surface area contributed by atoms with E-state index < -0.39 is 0 Å². The van der Waals surface area contributed by atoms with Gasteiger partial charge in [-0.05, 0) is 37.0 Å². The summed E-state index contributed by atoms with van der Waals surface area (Å²) in [6, 6.07) is 8.68. The van der Waals surface area contributed by atoms with Crippen LogP contribution in [0, 0.1) is 0 Å². The van der Waals surface area contributed by atoms with Gasteiger partial charge < -0.3 is 10.0 Å². The fourth-order valence-corrected chi connectivity index (χ4v) is 2.55. The maximum atomic E-state index is 9.79. The van der Waals surface area contributed by atoms with Gasteiger partial charge in [-0.3, -0.25) is 5.01 Å². The molecule has 1 N–H and O–H groups in total. The van der Waals surface area contributed by atoms with Gasteiger partial charge in [0.25, 0.3) is 0 Å². The van der Waals surface area contributed by atoms with Crippen molar-refractivity contribution in [3.63, 3.8) is 0 Å². The van der Waals surface area contributed by atoms with E-state index in [0.29, 0.717) is 12.6 Å². The Morgan fingerprint density at radius 1 is 1.20 bits per heavy atom. The summed E-state index contributed by atoms with van der Waals surface area (Å²) >= 11 is 0. The summed E-state index contributed by atoms with van der Waals surface area (Å²) in [5.41, 5.74) is 2.48. The molecule has 0 aliphatic carbocycles. The van der Waals surface area contributed by atoms with Crippen LogP contribution in [0.15, 0.2) is 29.4 Å². The van der Waals surface area contributed by atoms with Crippen molar-refractivity contribution >= 4 is 12.0 Å². The Morgan fingerprint density at radius 3 is 2.35 bits per heavy atom. The predicted molar refractivity (Wildman–Crippen MR) is 84.0 cm³/mol. The molecular weight excluding hydrogens is 250 g/mol. The van der Waals surface area contributed by atoms with Gasteiger partial charge in [-0.15, -0.1) is 0 Å². The van der Waals surface area contributed by atoms with Gasteiger partial charge in [0.1, 0.15) is 13.0 Å². The normalized spacial score (nSPS) is 17.9. The lowest BCUT2D eigenvalue weighted by atomic mass is 10.0. The number of nitrogens with zero attached hydrogens (tertiary/aromatic N) is 3. The van der Waals surface area contributed by atoms with E-state index in [1.54, 1.807) is 0 Å². The lowest BCUT2D eigenvalue weighted by Crippen LogP contribution is -2.40. The Morgan fingerprint density at radius 2 is 1.85 bits per heavy atom. The first-order valence-electron chi connectivity index (χ1n) is 7.38. The molecule has 1 aromatic rings. The van der Waals surface area contributed by atoms with E-state index in [1.807, 2.05) is 18.3 Å². The largest absolute Gasteiger partial charge is 0.391 e. The number of benzene rings is 1. The molecule has 4 nitrogen and oxygen atoms in total. The topological polar surface area (TPSA) is 39.1 Å². The Hall–Kier alpha value is -1.55. The minimum Gasteiger partial charge on any atom is -0.391 e. The number of hydrogen-bond donors (Lipinski definition) is 1. The molecular formula is C16H25N3O. The lowest BCUT2D eigenvalue weighted by Gasteiger charge is -2.28. The highest BCUT2D eigenvalue weighted by molar-refractivity contribution is 5.80. The lowest BCUT2D eigenvalue weighted by molar-refractivity contribution is 0.0672. The molecule has 0 amide bonds. The van der Waals surface area contributed by atoms with Crippen molar-refractivity contribution in [3.8, 4) is 0 Å². The molecule has 1 heterocycles. The van der Waals surface area contributed by atoms with Crippen molar-refractivity contribution < 1.29 is 5.11 Å². The quantitative estimate of drug-likeness (QED) is 0.898. The highest BCUT2D eigenvalue weighted by Gasteiger charge is 2.25. The maximum absolute atomic E-state index is 9.79. The van der Waals surface area contributed by atoms with E-state index >= 15 is 0 Å². The molecule has 0 saturated heterocycles. The van der Waals surface area contributed by atoms with Crippen LogP contribution in [0.3, 0.4) is 0 Å². The number of hydrazone groups is 1. The average Bonchev–Trinajstić information content (AvgIpc) is 2.88. The van der Waals surface area contributed by atoms with E-state index in [1.165, 1.54) is 5.56 Å². The van der Waals surface area contributed by atoms with Crippen LogP contribution >= 0.6 is 0 Å². The van der Waals surface area contributed by atoms with E-state index in [9.17, 15) is 5.11 Å². The van der Waals surface area contributed by atoms with Gasteiger partial charge in [-0.25, -0.2) is 0 Å². The van der Waals surface area contributed by atoms with E-state index in [2.05, 4.69) is 55.0 Å². The Kier molecular flexibility index (Phi) is 4.65. The standard InChI is InChI=1S/C16H25N3O/c1-5-16(13(4)20)19-11-18(10-17-19)15-8-6-14(7-9-15)12(2)3/h6-10,12-13,16,20H,5,11H2,1-4H3/t13-,16+/m1/s1. The summed E-state index contributed by atoms with van der Waals surface area (Å²) in [6.45, 7) is 8.99. The summed E-state index contributed by atoms with van der Waals surface area (Å²) in [5.74, 6) is 0.549. The van der Waals surface area contributed by atoms with Gasteiger partial charge in [0.05, 0.1) is 12.1 Å². The first-order valence-corrected chi connectivity index (χ1v) is 7.38. The zero-order valence-electron chi connectivity index (χ0n) is 12.8. The monoisotopic (exact) mass is 275 g/mol. The molecule has 0 spiro atoms. The fourth-order valence-electron chi connectivity index (χ4n) is 2.55. The number of aliphatic hydroxyl groups excluding tert-OH is 1. The molecule has 1 aromatic carbocycles. The summed E-state index contributed by atoms with van der Waals surface area (Å²) < 4.78 is 0. The molecule has 0 fully saturated rings.